The van der Waals surface area contributed by atoms with E-state index in [4.69, 9.17) is 40.2 Å². The molecular formula is C18H17BrCl2N4OS. The minimum absolute atomic E-state index is 0.386. The molecular weight excluding hydrogens is 471 g/mol. The number of ether oxygens (including phenoxy) is 1. The summed E-state index contributed by atoms with van der Waals surface area (Å²) in [6.07, 6.45) is 0.763. The van der Waals surface area contributed by atoms with Gasteiger partial charge in [-0.1, -0.05) is 52.1 Å². The summed E-state index contributed by atoms with van der Waals surface area (Å²) >= 11 is 20.8. The van der Waals surface area contributed by atoms with Crippen molar-refractivity contribution in [3.63, 3.8) is 0 Å². The third-order valence-corrected chi connectivity index (χ3v) is 5.39. The number of aromatic amines is 1. The fraction of sp³-hybridized carbons (Fsp3) is 0.222. The summed E-state index contributed by atoms with van der Waals surface area (Å²) in [7, 11) is 0. The van der Waals surface area contributed by atoms with E-state index in [1.165, 1.54) is 0 Å². The van der Waals surface area contributed by atoms with Crippen molar-refractivity contribution in [3.8, 4) is 5.75 Å². The molecule has 0 unspecified atom stereocenters. The first-order chi connectivity index (χ1) is 13.0. The standard InChI is InChI=1S/C18H17BrCl2N4OS/c1-2-17-23-24-18(27)25(17)22-9-12-8-13(19)4-6-16(12)26-10-11-3-5-14(20)15(21)7-11/h3-8,22H,2,9-10H2,1H3,(H,24,27). The number of nitrogens with one attached hydrogen (secondary N) is 2. The lowest BCUT2D eigenvalue weighted by Gasteiger charge is -2.15. The van der Waals surface area contributed by atoms with E-state index in [-0.39, 0.29) is 0 Å². The normalized spacial score (nSPS) is 10.8. The van der Waals surface area contributed by atoms with E-state index in [1.54, 1.807) is 16.8 Å². The average molecular weight is 488 g/mol. The second-order valence-electron chi connectivity index (χ2n) is 5.76. The molecule has 142 valence electrons. The number of aryl methyl sites for hydroxylation is 1. The molecule has 3 rings (SSSR count). The second-order valence-corrected chi connectivity index (χ2v) is 7.87. The smallest absolute Gasteiger partial charge is 0.214 e. The molecule has 0 amide bonds. The quantitative estimate of drug-likeness (QED) is 0.407. The van der Waals surface area contributed by atoms with Crippen molar-refractivity contribution in [2.75, 3.05) is 5.43 Å². The summed E-state index contributed by atoms with van der Waals surface area (Å²) in [4.78, 5) is 0. The molecule has 2 aromatic carbocycles. The van der Waals surface area contributed by atoms with E-state index >= 15 is 0 Å². The maximum atomic E-state index is 6.07. The summed E-state index contributed by atoms with van der Waals surface area (Å²) < 4.78 is 9.28. The SMILES string of the molecule is CCc1n[nH]c(=S)n1NCc1cc(Br)ccc1OCc1ccc(Cl)c(Cl)c1. The first-order valence-electron chi connectivity index (χ1n) is 8.23. The van der Waals surface area contributed by atoms with E-state index in [1.807, 2.05) is 31.2 Å². The first kappa shape index (κ1) is 20.2. The fourth-order valence-corrected chi connectivity index (χ4v) is 3.46. The van der Waals surface area contributed by atoms with Gasteiger partial charge in [-0.25, -0.2) is 4.68 Å². The minimum Gasteiger partial charge on any atom is -0.489 e. The minimum atomic E-state index is 0.386. The predicted octanol–water partition coefficient (Wildman–Crippen LogP) is 5.90. The van der Waals surface area contributed by atoms with E-state index in [2.05, 4.69) is 31.6 Å². The van der Waals surface area contributed by atoms with Crippen LogP contribution in [0, 0.1) is 4.77 Å². The van der Waals surface area contributed by atoms with Crippen molar-refractivity contribution in [1.29, 1.82) is 0 Å². The third-order valence-electron chi connectivity index (χ3n) is 3.89. The van der Waals surface area contributed by atoms with Gasteiger partial charge in [0.2, 0.25) is 4.77 Å². The number of benzene rings is 2. The Kier molecular flexibility index (Phi) is 6.81. The second kappa shape index (κ2) is 9.10. The Morgan fingerprint density at radius 1 is 1.22 bits per heavy atom. The zero-order chi connectivity index (χ0) is 19.4. The highest BCUT2D eigenvalue weighted by Crippen LogP contribution is 2.26. The van der Waals surface area contributed by atoms with Gasteiger partial charge in [0.25, 0.3) is 0 Å². The van der Waals surface area contributed by atoms with Gasteiger partial charge in [-0.3, -0.25) is 5.10 Å². The maximum Gasteiger partial charge on any atom is 0.214 e. The zero-order valence-corrected chi connectivity index (χ0v) is 18.3. The van der Waals surface area contributed by atoms with Crippen LogP contribution in [0.3, 0.4) is 0 Å². The molecule has 0 aliphatic rings. The average Bonchev–Trinajstić information content (AvgIpc) is 3.01. The Balaban J connectivity index is 1.75. The van der Waals surface area contributed by atoms with Crippen LogP contribution in [0.5, 0.6) is 5.75 Å². The lowest BCUT2D eigenvalue weighted by Crippen LogP contribution is -2.17. The van der Waals surface area contributed by atoms with Crippen LogP contribution in [0.2, 0.25) is 10.0 Å². The van der Waals surface area contributed by atoms with Gasteiger partial charge in [0, 0.05) is 16.5 Å². The Morgan fingerprint density at radius 2 is 2.04 bits per heavy atom. The summed E-state index contributed by atoms with van der Waals surface area (Å²) in [6.45, 7) is 2.93. The summed E-state index contributed by atoms with van der Waals surface area (Å²) in [5, 5.41) is 8.03. The van der Waals surface area contributed by atoms with Gasteiger partial charge in [-0.05, 0) is 48.1 Å². The number of aromatic nitrogens is 3. The highest BCUT2D eigenvalue weighted by Gasteiger charge is 2.09. The summed E-state index contributed by atoms with van der Waals surface area (Å²) in [6, 6.07) is 11.3. The highest BCUT2D eigenvalue weighted by molar-refractivity contribution is 9.10. The van der Waals surface area contributed by atoms with Crippen LogP contribution in [-0.4, -0.2) is 14.9 Å². The number of nitrogens with zero attached hydrogens (tertiary/aromatic N) is 2. The molecule has 0 aliphatic heterocycles. The molecule has 3 aromatic rings. The number of halogens is 3. The molecule has 0 saturated carbocycles. The lowest BCUT2D eigenvalue weighted by molar-refractivity contribution is 0.303. The molecule has 2 N–H and O–H groups in total. The molecule has 27 heavy (non-hydrogen) atoms. The molecule has 0 atom stereocenters. The Hall–Kier alpha value is -1.54. The third kappa shape index (κ3) is 5.04. The number of H-pyrrole nitrogens is 1. The van der Waals surface area contributed by atoms with E-state index in [0.717, 1.165) is 33.6 Å². The maximum absolute atomic E-state index is 6.07. The Morgan fingerprint density at radius 3 is 2.78 bits per heavy atom. The number of rotatable bonds is 7. The predicted molar refractivity (Wildman–Crippen MR) is 115 cm³/mol. The van der Waals surface area contributed by atoms with Gasteiger partial charge in [0.15, 0.2) is 5.82 Å². The molecule has 0 aliphatic carbocycles. The van der Waals surface area contributed by atoms with Crippen LogP contribution in [0.4, 0.5) is 0 Å². The number of hydrogen-bond acceptors (Lipinski definition) is 4. The highest BCUT2D eigenvalue weighted by atomic mass is 79.9. The molecule has 0 spiro atoms. The monoisotopic (exact) mass is 486 g/mol. The molecule has 0 fully saturated rings. The van der Waals surface area contributed by atoms with Crippen LogP contribution in [0.1, 0.15) is 23.9 Å². The molecule has 1 aromatic heterocycles. The van der Waals surface area contributed by atoms with Crippen LogP contribution in [-0.2, 0) is 19.6 Å². The van der Waals surface area contributed by atoms with Gasteiger partial charge in [0.1, 0.15) is 12.4 Å². The Bertz CT molecular complexity index is 1010. The largest absolute Gasteiger partial charge is 0.489 e. The van der Waals surface area contributed by atoms with Crippen molar-refractivity contribution in [2.24, 2.45) is 0 Å². The van der Waals surface area contributed by atoms with Crippen molar-refractivity contribution < 1.29 is 4.74 Å². The van der Waals surface area contributed by atoms with Crippen LogP contribution in [0.25, 0.3) is 0 Å². The Labute approximate surface area is 180 Å². The van der Waals surface area contributed by atoms with Gasteiger partial charge in [0.05, 0.1) is 16.6 Å². The van der Waals surface area contributed by atoms with Crippen molar-refractivity contribution in [3.05, 3.63) is 72.6 Å². The van der Waals surface area contributed by atoms with Crippen LogP contribution >= 0.6 is 51.3 Å². The summed E-state index contributed by atoms with van der Waals surface area (Å²) in [5.74, 6) is 1.61. The van der Waals surface area contributed by atoms with E-state index < -0.39 is 0 Å². The molecule has 9 heteroatoms. The molecule has 5 nitrogen and oxygen atoms in total. The van der Waals surface area contributed by atoms with Crippen molar-refractivity contribution in [1.82, 2.24) is 14.9 Å². The van der Waals surface area contributed by atoms with Crippen LogP contribution < -0.4 is 10.2 Å². The summed E-state index contributed by atoms with van der Waals surface area (Å²) in [5.41, 5.74) is 5.21. The zero-order valence-electron chi connectivity index (χ0n) is 14.4. The topological polar surface area (TPSA) is 54.9 Å². The van der Waals surface area contributed by atoms with Gasteiger partial charge >= 0.3 is 0 Å². The van der Waals surface area contributed by atoms with Crippen molar-refractivity contribution >= 4 is 51.3 Å². The van der Waals surface area contributed by atoms with Gasteiger partial charge in [-0.15, -0.1) is 0 Å². The van der Waals surface area contributed by atoms with Gasteiger partial charge in [-0.2, -0.15) is 5.10 Å². The first-order valence-corrected chi connectivity index (χ1v) is 10.2. The number of hydrogen-bond donors (Lipinski definition) is 2. The molecule has 0 saturated heterocycles. The van der Waals surface area contributed by atoms with Crippen LogP contribution in [0.15, 0.2) is 40.9 Å². The molecule has 0 radical (unpaired) electrons. The van der Waals surface area contributed by atoms with E-state index in [9.17, 15) is 0 Å². The van der Waals surface area contributed by atoms with E-state index in [0.29, 0.717) is 28.0 Å². The van der Waals surface area contributed by atoms with Crippen molar-refractivity contribution in [2.45, 2.75) is 26.5 Å². The lowest BCUT2D eigenvalue weighted by atomic mass is 10.2. The fourth-order valence-electron chi connectivity index (χ4n) is 2.51. The molecule has 1 heterocycles. The molecule has 0 bridgehead atoms. The van der Waals surface area contributed by atoms with Gasteiger partial charge < -0.3 is 10.2 Å².